The van der Waals surface area contributed by atoms with Crippen LogP contribution in [0.2, 0.25) is 0 Å². The minimum Gasteiger partial charge on any atom is -0.337 e. The minimum absolute atomic E-state index is 0.00489. The van der Waals surface area contributed by atoms with Crippen LogP contribution in [0.15, 0.2) is 41.3 Å². The Bertz CT molecular complexity index is 1070. The first-order valence-electron chi connectivity index (χ1n) is 9.66. The Hall–Kier alpha value is -2.25. The lowest BCUT2D eigenvalue weighted by Gasteiger charge is -2.45. The summed E-state index contributed by atoms with van der Waals surface area (Å²) < 4.78 is 2.60. The molecule has 1 aromatic carbocycles. The second-order valence-electron chi connectivity index (χ2n) is 7.88. The lowest BCUT2D eigenvalue weighted by atomic mass is 9.78. The topological polar surface area (TPSA) is 62.5 Å². The number of fused-ring (bicyclic) bond motifs is 2. The maximum Gasteiger partial charge on any atom is 0.274 e. The van der Waals surface area contributed by atoms with E-state index < -0.39 is 0 Å². The van der Waals surface area contributed by atoms with Gasteiger partial charge in [-0.25, -0.2) is 9.97 Å². The van der Waals surface area contributed by atoms with Crippen molar-refractivity contribution in [3.63, 3.8) is 0 Å². The maximum absolute atomic E-state index is 13.0. The van der Waals surface area contributed by atoms with Crippen molar-refractivity contribution >= 4 is 27.5 Å². The zero-order valence-electron chi connectivity index (χ0n) is 15.8. The number of benzene rings is 1. The Morgan fingerprint density at radius 3 is 2.68 bits per heavy atom. The van der Waals surface area contributed by atoms with Crippen LogP contribution in [0.5, 0.6) is 0 Å². The number of carbonyl (C=O) groups is 1. The third kappa shape index (κ3) is 3.02. The van der Waals surface area contributed by atoms with E-state index in [-0.39, 0.29) is 11.4 Å². The number of aromatic nitrogens is 3. The Morgan fingerprint density at radius 2 is 1.89 bits per heavy atom. The smallest absolute Gasteiger partial charge is 0.274 e. The first-order chi connectivity index (χ1) is 13.5. The van der Waals surface area contributed by atoms with Crippen molar-refractivity contribution in [2.75, 3.05) is 13.1 Å². The Kier molecular flexibility index (Phi) is 4.25. The van der Waals surface area contributed by atoms with E-state index in [0.717, 1.165) is 54.8 Å². The van der Waals surface area contributed by atoms with Crippen molar-refractivity contribution < 1.29 is 4.79 Å². The number of hydrogen-bond acceptors (Lipinski definition) is 4. The van der Waals surface area contributed by atoms with Crippen molar-refractivity contribution in [1.29, 1.82) is 0 Å². The molecule has 7 heteroatoms. The summed E-state index contributed by atoms with van der Waals surface area (Å²) in [7, 11) is 0. The van der Waals surface area contributed by atoms with Gasteiger partial charge in [-0.2, -0.15) is 0 Å². The molecule has 0 radical (unpaired) electrons. The van der Waals surface area contributed by atoms with Gasteiger partial charge in [-0.3, -0.25) is 4.79 Å². The molecule has 1 amide bonds. The quantitative estimate of drug-likeness (QED) is 0.632. The van der Waals surface area contributed by atoms with Crippen LogP contribution in [0.25, 0.3) is 5.65 Å². The van der Waals surface area contributed by atoms with Gasteiger partial charge in [-0.15, -0.1) is 0 Å². The van der Waals surface area contributed by atoms with Crippen LogP contribution in [0.4, 0.5) is 0 Å². The molecule has 1 fully saturated rings. The number of carbonyl (C=O) groups excluding carboxylic acids is 1. The molecule has 6 nitrogen and oxygen atoms in total. The first kappa shape index (κ1) is 17.8. The van der Waals surface area contributed by atoms with Crippen LogP contribution in [-0.4, -0.2) is 43.8 Å². The average Bonchev–Trinajstić information content (AvgIpc) is 3.12. The molecule has 1 saturated heterocycles. The summed E-state index contributed by atoms with van der Waals surface area (Å²) in [6.45, 7) is 4.32. The van der Waals surface area contributed by atoms with Gasteiger partial charge in [0.15, 0.2) is 5.65 Å². The van der Waals surface area contributed by atoms with Crippen LogP contribution < -0.4 is 5.32 Å². The van der Waals surface area contributed by atoms with E-state index >= 15 is 0 Å². The number of rotatable bonds is 1. The van der Waals surface area contributed by atoms with Crippen molar-refractivity contribution in [1.82, 2.24) is 24.6 Å². The summed E-state index contributed by atoms with van der Waals surface area (Å²) in [5.74, 6) is 0.00489. The summed E-state index contributed by atoms with van der Waals surface area (Å²) in [5, 5.41) is 3.75. The predicted molar refractivity (Wildman–Crippen MR) is 110 cm³/mol. The van der Waals surface area contributed by atoms with Gasteiger partial charge < -0.3 is 14.6 Å². The van der Waals surface area contributed by atoms with E-state index in [1.165, 1.54) is 11.1 Å². The maximum atomic E-state index is 13.0. The zero-order chi connectivity index (χ0) is 19.3. The SMILES string of the molecule is Cc1nc(Br)cn2cc(C(=O)N3CCC4(CC3)Cc3ccccc3CN4)nc12. The number of hydrogen-bond donors (Lipinski definition) is 1. The molecule has 1 spiro atoms. The molecule has 144 valence electrons. The molecule has 4 heterocycles. The first-order valence-corrected chi connectivity index (χ1v) is 10.5. The van der Waals surface area contributed by atoms with Gasteiger partial charge in [0.2, 0.25) is 0 Å². The minimum atomic E-state index is 0.00489. The number of imidazole rings is 1. The van der Waals surface area contributed by atoms with Gasteiger partial charge in [0, 0.05) is 37.6 Å². The van der Waals surface area contributed by atoms with E-state index in [2.05, 4.69) is 55.5 Å². The molecule has 1 N–H and O–H groups in total. The molecular formula is C21H22BrN5O. The summed E-state index contributed by atoms with van der Waals surface area (Å²) in [4.78, 5) is 23.9. The van der Waals surface area contributed by atoms with Crippen molar-refractivity contribution in [3.8, 4) is 0 Å². The zero-order valence-corrected chi connectivity index (χ0v) is 17.4. The van der Waals surface area contributed by atoms with Crippen molar-refractivity contribution in [3.05, 3.63) is 63.8 Å². The Morgan fingerprint density at radius 1 is 1.14 bits per heavy atom. The molecule has 3 aromatic rings. The molecule has 28 heavy (non-hydrogen) atoms. The third-order valence-corrected chi connectivity index (χ3v) is 6.49. The van der Waals surface area contributed by atoms with Gasteiger partial charge in [-0.1, -0.05) is 24.3 Å². The lowest BCUT2D eigenvalue weighted by Crippen LogP contribution is -2.57. The number of likely N-dealkylation sites (tertiary alicyclic amines) is 1. The molecule has 0 unspecified atom stereocenters. The summed E-state index contributed by atoms with van der Waals surface area (Å²) in [6, 6.07) is 8.66. The number of halogens is 1. The molecule has 2 aromatic heterocycles. The number of nitrogens with one attached hydrogen (secondary N) is 1. The molecule has 0 atom stereocenters. The fourth-order valence-corrected chi connectivity index (χ4v) is 4.97. The summed E-state index contributed by atoms with van der Waals surface area (Å²) in [6.07, 6.45) is 6.61. The van der Waals surface area contributed by atoms with Crippen LogP contribution in [0.3, 0.4) is 0 Å². The standard InChI is InChI=1S/C21H22BrN5O/c1-14-19-25-17(12-27(19)13-18(22)24-14)20(28)26-8-6-21(7-9-26)10-15-4-2-3-5-16(15)11-23-21/h2-5,12-13,23H,6-11H2,1H3. The molecule has 2 aliphatic heterocycles. The van der Waals surface area contributed by atoms with Gasteiger partial charge in [0.1, 0.15) is 10.3 Å². The summed E-state index contributed by atoms with van der Waals surface area (Å²) >= 11 is 3.40. The number of aryl methyl sites for hydroxylation is 1. The fourth-order valence-electron chi connectivity index (χ4n) is 4.48. The van der Waals surface area contributed by atoms with E-state index in [4.69, 9.17) is 0 Å². The second-order valence-corrected chi connectivity index (χ2v) is 8.69. The molecule has 2 aliphatic rings. The number of amides is 1. The number of piperidine rings is 1. The van der Waals surface area contributed by atoms with Gasteiger partial charge in [0.05, 0.1) is 5.69 Å². The predicted octanol–water partition coefficient (Wildman–Crippen LogP) is 3.12. The highest BCUT2D eigenvalue weighted by molar-refractivity contribution is 9.10. The second kappa shape index (κ2) is 6.67. The number of nitrogens with zero attached hydrogens (tertiary/aromatic N) is 4. The lowest BCUT2D eigenvalue weighted by molar-refractivity contribution is 0.0626. The van der Waals surface area contributed by atoms with Gasteiger partial charge >= 0.3 is 0 Å². The van der Waals surface area contributed by atoms with Gasteiger partial charge in [0.25, 0.3) is 5.91 Å². The van der Waals surface area contributed by atoms with Crippen molar-refractivity contribution in [2.24, 2.45) is 0 Å². The van der Waals surface area contributed by atoms with Gasteiger partial charge in [-0.05, 0) is 53.2 Å². The Labute approximate surface area is 172 Å². The molecule has 0 bridgehead atoms. The van der Waals surface area contributed by atoms with Crippen LogP contribution in [0, 0.1) is 6.92 Å². The largest absolute Gasteiger partial charge is 0.337 e. The highest BCUT2D eigenvalue weighted by Crippen LogP contribution is 2.32. The van der Waals surface area contributed by atoms with E-state index in [9.17, 15) is 4.79 Å². The molecule has 0 aliphatic carbocycles. The van der Waals surface area contributed by atoms with Crippen molar-refractivity contribution in [2.45, 2.75) is 38.3 Å². The van der Waals surface area contributed by atoms with E-state index in [1.807, 2.05) is 22.4 Å². The van der Waals surface area contributed by atoms with E-state index in [0.29, 0.717) is 5.69 Å². The van der Waals surface area contributed by atoms with E-state index in [1.54, 1.807) is 6.20 Å². The highest BCUT2D eigenvalue weighted by Gasteiger charge is 2.38. The normalized spacial score (nSPS) is 18.4. The fraction of sp³-hybridized carbons (Fsp3) is 0.381. The molecular weight excluding hydrogens is 418 g/mol. The molecule has 5 rings (SSSR count). The van der Waals surface area contributed by atoms with Crippen LogP contribution in [-0.2, 0) is 13.0 Å². The molecule has 0 saturated carbocycles. The highest BCUT2D eigenvalue weighted by atomic mass is 79.9. The third-order valence-electron chi connectivity index (χ3n) is 6.10. The monoisotopic (exact) mass is 439 g/mol. The summed E-state index contributed by atoms with van der Waals surface area (Å²) in [5.41, 5.74) is 4.96. The van der Waals surface area contributed by atoms with Crippen LogP contribution >= 0.6 is 15.9 Å². The van der Waals surface area contributed by atoms with Crippen LogP contribution in [0.1, 0.15) is 40.2 Å². The average molecular weight is 440 g/mol. The Balaban J connectivity index is 1.32.